The minimum absolute atomic E-state index is 0.00626. The van der Waals surface area contributed by atoms with E-state index in [2.05, 4.69) is 32.0 Å². The molecular formula is C23H18ClF3N4OS. The minimum atomic E-state index is -4.56. The standard InChI is InChI=1S/C23H18ClF3N4OS/c24-17-12-16(23(25,26)27)13-28-21(17)30-20(32)14-33-22-29-18-8-4-5-9-19(18)31(22)11-10-15-6-2-1-3-7-15/h1-9,12-13H,10-11,14H2,(H,28,30,32). The van der Waals surface area contributed by atoms with Crippen LogP contribution < -0.4 is 5.32 Å². The van der Waals surface area contributed by atoms with Crippen molar-refractivity contribution in [3.63, 3.8) is 0 Å². The number of amides is 1. The smallest absolute Gasteiger partial charge is 0.319 e. The van der Waals surface area contributed by atoms with Gasteiger partial charge in [-0.15, -0.1) is 0 Å². The summed E-state index contributed by atoms with van der Waals surface area (Å²) in [4.78, 5) is 20.7. The van der Waals surface area contributed by atoms with Gasteiger partial charge in [0, 0.05) is 12.7 Å². The van der Waals surface area contributed by atoms with Crippen LogP contribution in [0.3, 0.4) is 0 Å². The highest BCUT2D eigenvalue weighted by Crippen LogP contribution is 2.32. The van der Waals surface area contributed by atoms with E-state index >= 15 is 0 Å². The number of pyridine rings is 1. The van der Waals surface area contributed by atoms with Crippen molar-refractivity contribution in [3.05, 3.63) is 83.0 Å². The summed E-state index contributed by atoms with van der Waals surface area (Å²) < 4.78 is 40.4. The Morgan fingerprint density at radius 1 is 1.09 bits per heavy atom. The molecule has 0 aliphatic carbocycles. The van der Waals surface area contributed by atoms with Crippen LogP contribution >= 0.6 is 23.4 Å². The summed E-state index contributed by atoms with van der Waals surface area (Å²) in [6, 6.07) is 18.5. The van der Waals surface area contributed by atoms with E-state index in [9.17, 15) is 18.0 Å². The lowest BCUT2D eigenvalue weighted by molar-refractivity contribution is -0.137. The SMILES string of the molecule is O=C(CSc1nc2ccccc2n1CCc1ccccc1)Nc1ncc(C(F)(F)F)cc1Cl. The van der Waals surface area contributed by atoms with Crippen molar-refractivity contribution in [2.45, 2.75) is 24.3 Å². The van der Waals surface area contributed by atoms with Gasteiger partial charge in [-0.1, -0.05) is 65.8 Å². The van der Waals surface area contributed by atoms with Gasteiger partial charge in [-0.25, -0.2) is 9.97 Å². The van der Waals surface area contributed by atoms with Crippen molar-refractivity contribution in [2.75, 3.05) is 11.1 Å². The second-order valence-corrected chi connectivity index (χ2v) is 8.51. The lowest BCUT2D eigenvalue weighted by Crippen LogP contribution is -2.16. The monoisotopic (exact) mass is 490 g/mol. The van der Waals surface area contributed by atoms with Crippen LogP contribution in [0.4, 0.5) is 19.0 Å². The molecule has 0 atom stereocenters. The van der Waals surface area contributed by atoms with Crippen LogP contribution in [-0.2, 0) is 23.9 Å². The van der Waals surface area contributed by atoms with E-state index in [4.69, 9.17) is 11.6 Å². The number of hydrogen-bond donors (Lipinski definition) is 1. The molecule has 0 radical (unpaired) electrons. The summed E-state index contributed by atoms with van der Waals surface area (Å²) in [6.45, 7) is 0.681. The van der Waals surface area contributed by atoms with Gasteiger partial charge in [-0.2, -0.15) is 13.2 Å². The minimum Gasteiger partial charge on any atom is -0.319 e. The number of nitrogens with one attached hydrogen (secondary N) is 1. The van der Waals surface area contributed by atoms with Crippen molar-refractivity contribution in [1.82, 2.24) is 14.5 Å². The number of nitrogens with zero attached hydrogens (tertiary/aromatic N) is 3. The molecule has 2 heterocycles. The number of benzene rings is 2. The molecule has 2 aromatic heterocycles. The molecule has 0 fully saturated rings. The van der Waals surface area contributed by atoms with Gasteiger partial charge >= 0.3 is 6.18 Å². The van der Waals surface area contributed by atoms with E-state index < -0.39 is 17.6 Å². The maximum Gasteiger partial charge on any atom is 0.417 e. The van der Waals surface area contributed by atoms with Crippen LogP contribution in [0, 0.1) is 0 Å². The maximum atomic E-state index is 12.8. The number of fused-ring (bicyclic) bond motifs is 1. The molecule has 1 N–H and O–H groups in total. The third kappa shape index (κ3) is 5.66. The second-order valence-electron chi connectivity index (χ2n) is 7.16. The fraction of sp³-hybridized carbons (Fsp3) is 0.174. The first-order valence-corrected chi connectivity index (χ1v) is 11.3. The van der Waals surface area contributed by atoms with Crippen LogP contribution in [0.2, 0.25) is 5.02 Å². The Kier molecular flexibility index (Phi) is 6.90. The molecule has 0 bridgehead atoms. The zero-order chi connectivity index (χ0) is 23.4. The highest BCUT2D eigenvalue weighted by molar-refractivity contribution is 7.99. The molecule has 170 valence electrons. The summed E-state index contributed by atoms with van der Waals surface area (Å²) in [5, 5.41) is 2.86. The Bertz CT molecular complexity index is 1280. The van der Waals surface area contributed by atoms with E-state index in [0.717, 1.165) is 23.5 Å². The van der Waals surface area contributed by atoms with Crippen LogP contribution in [0.15, 0.2) is 72.0 Å². The third-order valence-corrected chi connectivity index (χ3v) is 6.11. The normalized spacial score (nSPS) is 11.6. The number of alkyl halides is 3. The summed E-state index contributed by atoms with van der Waals surface area (Å²) in [5.74, 6) is -0.572. The largest absolute Gasteiger partial charge is 0.417 e. The molecule has 4 aromatic rings. The summed E-state index contributed by atoms with van der Waals surface area (Å²) in [5.41, 5.74) is 1.99. The summed E-state index contributed by atoms with van der Waals surface area (Å²) >= 11 is 7.11. The molecule has 0 aliphatic rings. The van der Waals surface area contributed by atoms with E-state index in [1.54, 1.807) is 0 Å². The quantitative estimate of drug-likeness (QED) is 0.319. The lowest BCUT2D eigenvalue weighted by atomic mass is 10.1. The number of anilines is 1. The van der Waals surface area contributed by atoms with Gasteiger partial charge in [-0.3, -0.25) is 4.79 Å². The fourth-order valence-corrected chi connectivity index (χ4v) is 4.30. The molecular weight excluding hydrogens is 473 g/mol. The van der Waals surface area contributed by atoms with Crippen molar-refractivity contribution < 1.29 is 18.0 Å². The van der Waals surface area contributed by atoms with E-state index in [1.165, 1.54) is 17.3 Å². The molecule has 0 unspecified atom stereocenters. The molecule has 0 saturated heterocycles. The number of hydrogen-bond acceptors (Lipinski definition) is 4. The average Bonchev–Trinajstić information content (AvgIpc) is 3.15. The lowest BCUT2D eigenvalue weighted by Gasteiger charge is -2.11. The van der Waals surface area contributed by atoms with Crippen molar-refractivity contribution >= 4 is 46.1 Å². The van der Waals surface area contributed by atoms with Gasteiger partial charge in [0.15, 0.2) is 11.0 Å². The van der Waals surface area contributed by atoms with Crippen LogP contribution in [0.1, 0.15) is 11.1 Å². The van der Waals surface area contributed by atoms with Crippen molar-refractivity contribution in [1.29, 1.82) is 0 Å². The topological polar surface area (TPSA) is 59.8 Å². The molecule has 0 spiro atoms. The predicted octanol–water partition coefficient (Wildman–Crippen LogP) is 6.08. The van der Waals surface area contributed by atoms with Crippen LogP contribution in [0.25, 0.3) is 11.0 Å². The van der Waals surface area contributed by atoms with Crippen LogP contribution in [0.5, 0.6) is 0 Å². The predicted molar refractivity (Wildman–Crippen MR) is 123 cm³/mol. The number of aromatic nitrogens is 3. The van der Waals surface area contributed by atoms with Crippen molar-refractivity contribution in [3.8, 4) is 0 Å². The van der Waals surface area contributed by atoms with Crippen LogP contribution in [-0.4, -0.2) is 26.2 Å². The Balaban J connectivity index is 1.46. The first-order valence-electron chi connectivity index (χ1n) is 9.96. The van der Waals surface area contributed by atoms with Gasteiger partial charge in [0.1, 0.15) is 0 Å². The highest BCUT2D eigenvalue weighted by atomic mass is 35.5. The Labute approximate surface area is 197 Å². The first-order chi connectivity index (χ1) is 15.8. The van der Waals surface area contributed by atoms with E-state index in [0.29, 0.717) is 17.9 Å². The highest BCUT2D eigenvalue weighted by Gasteiger charge is 2.31. The average molecular weight is 491 g/mol. The maximum absolute atomic E-state index is 12.8. The fourth-order valence-electron chi connectivity index (χ4n) is 3.25. The van der Waals surface area contributed by atoms with E-state index in [-0.39, 0.29) is 16.6 Å². The molecule has 2 aromatic carbocycles. The number of aryl methyl sites for hydroxylation is 2. The number of carbonyl (C=O) groups is 1. The molecule has 1 amide bonds. The van der Waals surface area contributed by atoms with Gasteiger partial charge in [0.25, 0.3) is 0 Å². The van der Waals surface area contributed by atoms with E-state index in [1.807, 2.05) is 42.5 Å². The number of thioether (sulfide) groups is 1. The third-order valence-electron chi connectivity index (χ3n) is 4.85. The molecule has 0 aliphatic heterocycles. The van der Waals surface area contributed by atoms with Gasteiger partial charge < -0.3 is 9.88 Å². The summed E-state index contributed by atoms with van der Waals surface area (Å²) in [6.07, 6.45) is -3.13. The van der Waals surface area contributed by atoms with Gasteiger partial charge in [0.2, 0.25) is 5.91 Å². The zero-order valence-corrected chi connectivity index (χ0v) is 18.7. The first kappa shape index (κ1) is 23.1. The number of rotatable bonds is 7. The number of carbonyl (C=O) groups excluding carboxylic acids is 1. The molecule has 5 nitrogen and oxygen atoms in total. The Morgan fingerprint density at radius 2 is 1.82 bits per heavy atom. The number of halogens is 4. The Hall–Kier alpha value is -3.04. The van der Waals surface area contributed by atoms with Gasteiger partial charge in [0.05, 0.1) is 27.4 Å². The number of imidazole rings is 1. The summed E-state index contributed by atoms with van der Waals surface area (Å²) in [7, 11) is 0. The molecule has 0 saturated carbocycles. The van der Waals surface area contributed by atoms with Gasteiger partial charge in [-0.05, 0) is 30.2 Å². The number of para-hydroxylation sites is 2. The zero-order valence-electron chi connectivity index (χ0n) is 17.1. The Morgan fingerprint density at radius 3 is 2.55 bits per heavy atom. The second kappa shape index (κ2) is 9.84. The molecule has 10 heteroatoms. The molecule has 4 rings (SSSR count). The molecule has 33 heavy (non-hydrogen) atoms. The van der Waals surface area contributed by atoms with Crippen molar-refractivity contribution in [2.24, 2.45) is 0 Å².